The molecule has 1 amide bonds. The van der Waals surface area contributed by atoms with Crippen LogP contribution in [0.2, 0.25) is 0 Å². The summed E-state index contributed by atoms with van der Waals surface area (Å²) in [6.45, 7) is 3.08. The molecule has 1 aromatic carbocycles. The Morgan fingerprint density at radius 1 is 1.17 bits per heavy atom. The van der Waals surface area contributed by atoms with E-state index >= 15 is 0 Å². The molecule has 4 rings (SSSR count). The number of amides is 1. The Kier molecular flexibility index (Phi) is 5.08. The average Bonchev–Trinajstić information content (AvgIpc) is 3.34. The first-order chi connectivity index (χ1) is 13.9. The number of thiazole rings is 1. The van der Waals surface area contributed by atoms with E-state index in [1.165, 1.54) is 29.6 Å². The average molecular weight is 425 g/mol. The number of benzene rings is 1. The van der Waals surface area contributed by atoms with Crippen LogP contribution in [0.3, 0.4) is 0 Å². The summed E-state index contributed by atoms with van der Waals surface area (Å²) >= 11 is 2.93. The van der Waals surface area contributed by atoms with E-state index in [1.807, 2.05) is 24.4 Å². The molecule has 0 bridgehead atoms. The first-order valence-electron chi connectivity index (χ1n) is 8.75. The number of thiophene rings is 1. The lowest BCUT2D eigenvalue weighted by atomic mass is 10.1. The zero-order valence-electron chi connectivity index (χ0n) is 15.6. The van der Waals surface area contributed by atoms with Crippen molar-refractivity contribution in [1.29, 1.82) is 0 Å². The summed E-state index contributed by atoms with van der Waals surface area (Å²) < 4.78 is 1.88. The SMILES string of the molecule is CC(=O)c1ccc(NC(=O)Cn2nc(-c3cccs3)c3sc(C)nc3c2=O)cc1. The number of ketones is 1. The van der Waals surface area contributed by atoms with Gasteiger partial charge in [-0.3, -0.25) is 14.4 Å². The number of nitrogens with zero attached hydrogens (tertiary/aromatic N) is 3. The molecule has 0 unspecified atom stereocenters. The lowest BCUT2D eigenvalue weighted by Gasteiger charge is -2.09. The zero-order valence-corrected chi connectivity index (χ0v) is 17.3. The van der Waals surface area contributed by atoms with Crippen molar-refractivity contribution in [2.45, 2.75) is 20.4 Å². The number of anilines is 1. The minimum absolute atomic E-state index is 0.0494. The summed E-state index contributed by atoms with van der Waals surface area (Å²) in [7, 11) is 0. The van der Waals surface area contributed by atoms with Crippen molar-refractivity contribution in [2.75, 3.05) is 5.32 Å². The van der Waals surface area contributed by atoms with Crippen molar-refractivity contribution in [3.05, 3.63) is 62.7 Å². The number of fused-ring (bicyclic) bond motifs is 1. The summed E-state index contributed by atoms with van der Waals surface area (Å²) in [4.78, 5) is 41.9. The van der Waals surface area contributed by atoms with Crippen LogP contribution in [0.4, 0.5) is 5.69 Å². The van der Waals surface area contributed by atoms with Crippen LogP contribution in [-0.4, -0.2) is 26.5 Å². The molecule has 3 aromatic heterocycles. The molecule has 9 heteroatoms. The van der Waals surface area contributed by atoms with Gasteiger partial charge in [-0.1, -0.05) is 6.07 Å². The van der Waals surface area contributed by atoms with Gasteiger partial charge < -0.3 is 5.32 Å². The van der Waals surface area contributed by atoms with Crippen LogP contribution in [0.25, 0.3) is 20.8 Å². The lowest BCUT2D eigenvalue weighted by Crippen LogP contribution is -2.30. The van der Waals surface area contributed by atoms with Gasteiger partial charge in [0.15, 0.2) is 11.3 Å². The Balaban J connectivity index is 1.65. The van der Waals surface area contributed by atoms with E-state index in [0.29, 0.717) is 22.5 Å². The molecule has 7 nitrogen and oxygen atoms in total. The largest absolute Gasteiger partial charge is 0.324 e. The van der Waals surface area contributed by atoms with Crippen molar-refractivity contribution in [2.24, 2.45) is 0 Å². The summed E-state index contributed by atoms with van der Waals surface area (Å²) in [6.07, 6.45) is 0. The smallest absolute Gasteiger partial charge is 0.294 e. The molecule has 0 aliphatic heterocycles. The predicted octanol–water partition coefficient (Wildman–Crippen LogP) is 3.73. The third-order valence-corrected chi connectivity index (χ3v) is 6.08. The van der Waals surface area contributed by atoms with E-state index in [9.17, 15) is 14.4 Å². The maximum Gasteiger partial charge on any atom is 0.294 e. The number of carbonyl (C=O) groups excluding carboxylic acids is 2. The zero-order chi connectivity index (χ0) is 20.5. The highest BCUT2D eigenvalue weighted by Gasteiger charge is 2.18. The van der Waals surface area contributed by atoms with Gasteiger partial charge in [-0.25, -0.2) is 9.67 Å². The van der Waals surface area contributed by atoms with Crippen molar-refractivity contribution >= 4 is 50.3 Å². The Morgan fingerprint density at radius 2 is 1.93 bits per heavy atom. The van der Waals surface area contributed by atoms with Crippen LogP contribution >= 0.6 is 22.7 Å². The molecule has 0 aliphatic carbocycles. The normalized spacial score (nSPS) is 11.0. The fourth-order valence-corrected chi connectivity index (χ4v) is 4.56. The number of hydrogen-bond acceptors (Lipinski definition) is 7. The third-order valence-electron chi connectivity index (χ3n) is 4.23. The highest BCUT2D eigenvalue weighted by molar-refractivity contribution is 7.20. The second-order valence-corrected chi connectivity index (χ2v) is 8.53. The van der Waals surface area contributed by atoms with Crippen molar-refractivity contribution in [1.82, 2.24) is 14.8 Å². The van der Waals surface area contributed by atoms with E-state index < -0.39 is 11.5 Å². The summed E-state index contributed by atoms with van der Waals surface area (Å²) in [5, 5.41) is 9.88. The molecular weight excluding hydrogens is 408 g/mol. The van der Waals surface area contributed by atoms with Gasteiger partial charge in [0.05, 0.1) is 14.6 Å². The molecule has 0 spiro atoms. The van der Waals surface area contributed by atoms with Crippen LogP contribution in [0, 0.1) is 6.92 Å². The van der Waals surface area contributed by atoms with Crippen LogP contribution in [-0.2, 0) is 11.3 Å². The number of Topliss-reactive ketones (excluding diaryl/α,β-unsaturated/α-hetero) is 1. The summed E-state index contributed by atoms with van der Waals surface area (Å²) in [5.74, 6) is -0.440. The summed E-state index contributed by atoms with van der Waals surface area (Å²) in [6, 6.07) is 10.4. The monoisotopic (exact) mass is 424 g/mol. The number of rotatable bonds is 5. The van der Waals surface area contributed by atoms with Gasteiger partial charge in [0.25, 0.3) is 5.56 Å². The summed E-state index contributed by atoms with van der Waals surface area (Å²) in [5.41, 5.74) is 1.68. The predicted molar refractivity (Wildman–Crippen MR) is 115 cm³/mol. The first-order valence-corrected chi connectivity index (χ1v) is 10.4. The maximum absolute atomic E-state index is 12.8. The molecule has 0 saturated carbocycles. The molecule has 146 valence electrons. The fraction of sp³-hybridized carbons (Fsp3) is 0.150. The second kappa shape index (κ2) is 7.69. The Labute approximate surface area is 173 Å². The molecule has 3 heterocycles. The maximum atomic E-state index is 12.8. The molecule has 1 N–H and O–H groups in total. The van der Waals surface area contributed by atoms with Gasteiger partial charge in [0, 0.05) is 11.3 Å². The highest BCUT2D eigenvalue weighted by atomic mass is 32.1. The van der Waals surface area contributed by atoms with E-state index in [2.05, 4.69) is 15.4 Å². The number of hydrogen-bond donors (Lipinski definition) is 1. The van der Waals surface area contributed by atoms with E-state index in [0.717, 1.165) is 19.3 Å². The van der Waals surface area contributed by atoms with Gasteiger partial charge in [-0.05, 0) is 49.6 Å². The van der Waals surface area contributed by atoms with Crippen molar-refractivity contribution < 1.29 is 9.59 Å². The standard InChI is InChI=1S/C20H16N4O3S2/c1-11(25)13-5-7-14(8-6-13)22-16(26)10-24-20(27)18-19(29-12(2)21-18)17(23-24)15-4-3-9-28-15/h3-9H,10H2,1-2H3,(H,22,26). The van der Waals surface area contributed by atoms with Gasteiger partial charge in [-0.15, -0.1) is 22.7 Å². The quantitative estimate of drug-likeness (QED) is 0.493. The fourth-order valence-electron chi connectivity index (χ4n) is 2.87. The molecule has 0 saturated heterocycles. The number of nitrogens with one attached hydrogen (secondary N) is 1. The van der Waals surface area contributed by atoms with Crippen molar-refractivity contribution in [3.63, 3.8) is 0 Å². The van der Waals surface area contributed by atoms with Gasteiger partial charge in [-0.2, -0.15) is 5.10 Å². The number of aromatic nitrogens is 3. The Bertz CT molecular complexity index is 1270. The van der Waals surface area contributed by atoms with E-state index in [-0.39, 0.29) is 12.3 Å². The number of carbonyl (C=O) groups is 2. The minimum Gasteiger partial charge on any atom is -0.324 e. The first kappa shape index (κ1) is 19.2. The van der Waals surface area contributed by atoms with Crippen LogP contribution in [0.5, 0.6) is 0 Å². The second-order valence-electron chi connectivity index (χ2n) is 6.38. The van der Waals surface area contributed by atoms with Gasteiger partial charge in [0.2, 0.25) is 5.91 Å². The number of aryl methyl sites for hydroxylation is 1. The Morgan fingerprint density at radius 3 is 2.59 bits per heavy atom. The van der Waals surface area contributed by atoms with Crippen LogP contribution in [0.1, 0.15) is 22.3 Å². The molecule has 29 heavy (non-hydrogen) atoms. The topological polar surface area (TPSA) is 93.9 Å². The highest BCUT2D eigenvalue weighted by Crippen LogP contribution is 2.31. The molecular formula is C20H16N4O3S2. The molecule has 0 atom stereocenters. The molecule has 0 aliphatic rings. The Hall–Kier alpha value is -3.17. The van der Waals surface area contributed by atoms with Gasteiger partial charge >= 0.3 is 0 Å². The lowest BCUT2D eigenvalue weighted by molar-refractivity contribution is -0.117. The van der Waals surface area contributed by atoms with E-state index in [4.69, 9.17) is 0 Å². The van der Waals surface area contributed by atoms with Gasteiger partial charge in [0.1, 0.15) is 12.2 Å². The minimum atomic E-state index is -0.397. The molecule has 4 aromatic rings. The van der Waals surface area contributed by atoms with E-state index in [1.54, 1.807) is 24.3 Å². The van der Waals surface area contributed by atoms with Crippen molar-refractivity contribution in [3.8, 4) is 10.6 Å². The van der Waals surface area contributed by atoms with Crippen LogP contribution < -0.4 is 10.9 Å². The molecule has 0 fully saturated rings. The molecule has 0 radical (unpaired) electrons. The van der Waals surface area contributed by atoms with Crippen LogP contribution in [0.15, 0.2) is 46.6 Å². The third kappa shape index (κ3) is 3.87.